The van der Waals surface area contributed by atoms with Crippen molar-refractivity contribution >= 4 is 43.6 Å². The van der Waals surface area contributed by atoms with E-state index in [0.29, 0.717) is 0 Å². The molecule has 2 heterocycles. The lowest BCUT2D eigenvalue weighted by Crippen LogP contribution is -1.94. The van der Waals surface area contributed by atoms with Gasteiger partial charge >= 0.3 is 0 Å². The van der Waals surface area contributed by atoms with Gasteiger partial charge in [0.1, 0.15) is 0 Å². The number of nitrogens with zero attached hydrogens (tertiary/aromatic N) is 2. The lowest BCUT2D eigenvalue weighted by Gasteiger charge is -2.14. The third-order valence-corrected chi connectivity index (χ3v) is 12.5. The molecule has 2 nitrogen and oxygen atoms in total. The molecule has 0 aliphatic carbocycles. The van der Waals surface area contributed by atoms with E-state index in [-0.39, 0.29) is 0 Å². The molecule has 0 saturated carbocycles. The highest BCUT2D eigenvalue weighted by Crippen LogP contribution is 2.41. The largest absolute Gasteiger partial charge is 0.309 e. The van der Waals surface area contributed by atoms with Crippen molar-refractivity contribution < 1.29 is 0 Å². The average Bonchev–Trinajstić information content (AvgIpc) is 3.87. The first-order valence-corrected chi connectivity index (χ1v) is 21.3. The summed E-state index contributed by atoms with van der Waals surface area (Å²) < 4.78 is 4.80. The third-order valence-electron chi connectivity index (χ3n) is 12.5. The van der Waals surface area contributed by atoms with E-state index >= 15 is 0 Å². The van der Waals surface area contributed by atoms with Crippen molar-refractivity contribution in [3.8, 4) is 67.0 Å². The molecule has 12 rings (SSSR count). The van der Waals surface area contributed by atoms with Crippen molar-refractivity contribution in [2.45, 2.75) is 0 Å². The first kappa shape index (κ1) is 35.7. The number of rotatable bonds is 7. The standard InChI is InChI=1S/C60H40N2/c1-4-16-41(17-5-1)43-20-14-21-44(34-43)48-35-49(46-30-32-59-55(39-46)53-26-10-12-28-57(53)61(59)51-23-8-3-9-24-51)37-50(36-48)47-31-33-60-56(40-47)54-27-11-13-29-58(54)62(60)52-25-15-22-45(38-52)42-18-6-2-7-19-42/h1-40H. The second kappa shape index (κ2) is 14.8. The minimum atomic E-state index is 1.15. The van der Waals surface area contributed by atoms with Gasteiger partial charge in [0.15, 0.2) is 0 Å². The fraction of sp³-hybridized carbons (Fsp3) is 0. The number of aromatic nitrogens is 2. The zero-order valence-electron chi connectivity index (χ0n) is 34.0. The summed E-state index contributed by atoms with van der Waals surface area (Å²) in [5.74, 6) is 0. The summed E-state index contributed by atoms with van der Waals surface area (Å²) >= 11 is 0. The highest BCUT2D eigenvalue weighted by Gasteiger charge is 2.17. The van der Waals surface area contributed by atoms with Gasteiger partial charge in [-0.15, -0.1) is 0 Å². The van der Waals surface area contributed by atoms with E-state index in [2.05, 4.69) is 252 Å². The fourth-order valence-corrected chi connectivity index (χ4v) is 9.53. The van der Waals surface area contributed by atoms with Crippen molar-refractivity contribution in [2.75, 3.05) is 0 Å². The minimum Gasteiger partial charge on any atom is -0.309 e. The molecule has 0 spiro atoms. The van der Waals surface area contributed by atoms with Gasteiger partial charge in [-0.2, -0.15) is 0 Å². The Kier molecular flexibility index (Phi) is 8.53. The first-order chi connectivity index (χ1) is 30.7. The number of hydrogen-bond acceptors (Lipinski definition) is 0. The zero-order chi connectivity index (χ0) is 41.0. The van der Waals surface area contributed by atoms with Gasteiger partial charge in [0.25, 0.3) is 0 Å². The lowest BCUT2D eigenvalue weighted by atomic mass is 9.91. The molecule has 0 aliphatic heterocycles. The van der Waals surface area contributed by atoms with Gasteiger partial charge in [-0.05, 0) is 141 Å². The van der Waals surface area contributed by atoms with E-state index in [4.69, 9.17) is 0 Å². The summed E-state index contributed by atoms with van der Waals surface area (Å²) in [7, 11) is 0. The van der Waals surface area contributed by atoms with Crippen LogP contribution in [0, 0.1) is 0 Å². The smallest absolute Gasteiger partial charge is 0.0541 e. The molecule has 12 aromatic rings. The van der Waals surface area contributed by atoms with Crippen LogP contribution in [0.2, 0.25) is 0 Å². The van der Waals surface area contributed by atoms with E-state index in [9.17, 15) is 0 Å². The van der Waals surface area contributed by atoms with Crippen molar-refractivity contribution in [3.05, 3.63) is 243 Å². The van der Waals surface area contributed by atoms with Crippen LogP contribution in [-0.4, -0.2) is 9.13 Å². The summed E-state index contributed by atoms with van der Waals surface area (Å²) in [5.41, 5.74) is 19.0. The molecule has 10 aromatic carbocycles. The molecule has 0 radical (unpaired) electrons. The molecule has 0 aliphatic rings. The lowest BCUT2D eigenvalue weighted by molar-refractivity contribution is 1.18. The number of benzene rings is 10. The van der Waals surface area contributed by atoms with Crippen molar-refractivity contribution in [3.63, 3.8) is 0 Å². The van der Waals surface area contributed by atoms with Crippen LogP contribution >= 0.6 is 0 Å². The van der Waals surface area contributed by atoms with Crippen molar-refractivity contribution in [2.24, 2.45) is 0 Å². The molecule has 0 N–H and O–H groups in total. The molecule has 0 bridgehead atoms. The highest BCUT2D eigenvalue weighted by molar-refractivity contribution is 6.12. The molecule has 290 valence electrons. The Balaban J connectivity index is 1.05. The Morgan fingerprint density at radius 1 is 0.177 bits per heavy atom. The van der Waals surface area contributed by atoms with Gasteiger partial charge in [0.05, 0.1) is 22.1 Å². The molecule has 0 amide bonds. The van der Waals surface area contributed by atoms with Crippen LogP contribution < -0.4 is 0 Å². The summed E-state index contributed by atoms with van der Waals surface area (Å²) in [6.07, 6.45) is 0. The molecule has 0 atom stereocenters. The zero-order valence-corrected chi connectivity index (χ0v) is 34.0. The van der Waals surface area contributed by atoms with E-state index < -0.39 is 0 Å². The summed E-state index contributed by atoms with van der Waals surface area (Å²) in [6.45, 7) is 0. The summed E-state index contributed by atoms with van der Waals surface area (Å²) in [6, 6.07) is 88.5. The third kappa shape index (κ3) is 6.12. The maximum Gasteiger partial charge on any atom is 0.0541 e. The van der Waals surface area contributed by atoms with Crippen LogP contribution in [0.1, 0.15) is 0 Å². The van der Waals surface area contributed by atoms with Gasteiger partial charge in [0, 0.05) is 32.9 Å². The Labute approximate surface area is 360 Å². The summed E-state index contributed by atoms with van der Waals surface area (Å²) in [5, 5.41) is 4.96. The fourth-order valence-electron chi connectivity index (χ4n) is 9.53. The number of hydrogen-bond donors (Lipinski definition) is 0. The van der Waals surface area contributed by atoms with Crippen molar-refractivity contribution in [1.82, 2.24) is 9.13 Å². The Morgan fingerprint density at radius 3 is 1.05 bits per heavy atom. The average molecular weight is 789 g/mol. The number of para-hydroxylation sites is 3. The maximum absolute atomic E-state index is 2.42. The van der Waals surface area contributed by atoms with Gasteiger partial charge in [0.2, 0.25) is 0 Å². The van der Waals surface area contributed by atoms with Crippen LogP contribution in [-0.2, 0) is 0 Å². The van der Waals surface area contributed by atoms with E-state index in [1.165, 1.54) is 99.2 Å². The van der Waals surface area contributed by atoms with Crippen LogP contribution in [0.5, 0.6) is 0 Å². The van der Waals surface area contributed by atoms with Crippen LogP contribution in [0.4, 0.5) is 0 Å². The quantitative estimate of drug-likeness (QED) is 0.152. The molecule has 0 unspecified atom stereocenters. The molecular weight excluding hydrogens is 749 g/mol. The predicted octanol–water partition coefficient (Wildman–Crippen LogP) is 16.2. The molecule has 0 saturated heterocycles. The van der Waals surface area contributed by atoms with E-state index in [0.717, 1.165) is 11.4 Å². The van der Waals surface area contributed by atoms with E-state index in [1.54, 1.807) is 0 Å². The molecule has 2 heteroatoms. The topological polar surface area (TPSA) is 9.86 Å². The van der Waals surface area contributed by atoms with E-state index in [1.807, 2.05) is 0 Å². The highest BCUT2D eigenvalue weighted by atomic mass is 15.0. The Morgan fingerprint density at radius 2 is 0.516 bits per heavy atom. The second-order valence-electron chi connectivity index (χ2n) is 16.2. The molecule has 62 heavy (non-hydrogen) atoms. The maximum atomic E-state index is 2.42. The van der Waals surface area contributed by atoms with Crippen LogP contribution in [0.25, 0.3) is 111 Å². The SMILES string of the molecule is c1ccc(-c2cccc(-c3cc(-c4ccc5c(c4)c4ccccc4n5-c4ccccc4)cc(-c4ccc5c(c4)c4ccccc4n5-c4cccc(-c5ccccc5)c4)c3)c2)cc1. The monoisotopic (exact) mass is 788 g/mol. The minimum absolute atomic E-state index is 1.15. The van der Waals surface area contributed by atoms with Gasteiger partial charge in [-0.1, -0.05) is 158 Å². The normalized spacial score (nSPS) is 11.5. The Hall–Kier alpha value is -8.20. The first-order valence-electron chi connectivity index (χ1n) is 21.3. The van der Waals surface area contributed by atoms with Crippen LogP contribution in [0.15, 0.2) is 243 Å². The molecular formula is C60H40N2. The molecule has 2 aromatic heterocycles. The van der Waals surface area contributed by atoms with Gasteiger partial charge in [-0.25, -0.2) is 0 Å². The van der Waals surface area contributed by atoms with Crippen LogP contribution in [0.3, 0.4) is 0 Å². The van der Waals surface area contributed by atoms with Crippen molar-refractivity contribution in [1.29, 1.82) is 0 Å². The second-order valence-corrected chi connectivity index (χ2v) is 16.2. The summed E-state index contributed by atoms with van der Waals surface area (Å²) in [4.78, 5) is 0. The molecule has 0 fully saturated rings. The Bertz CT molecular complexity index is 3610. The van der Waals surface area contributed by atoms with Gasteiger partial charge in [-0.3, -0.25) is 0 Å². The predicted molar refractivity (Wildman–Crippen MR) is 262 cm³/mol. The van der Waals surface area contributed by atoms with Gasteiger partial charge < -0.3 is 9.13 Å². The number of fused-ring (bicyclic) bond motifs is 6.